The van der Waals surface area contributed by atoms with Gasteiger partial charge in [-0.15, -0.1) is 0 Å². The summed E-state index contributed by atoms with van der Waals surface area (Å²) in [7, 11) is 1.35. The highest BCUT2D eigenvalue weighted by Crippen LogP contribution is 2.45. The number of esters is 1. The molecule has 0 bridgehead atoms. The SMILES string of the molecule is CN(C(=O)CN)[C@@](C(=O)O)(c1ccccc1)C(C(=O)OC(C)(C)C)c1c[nH]c2ccccc12. The Hall–Kier alpha value is -3.65. The molecular weight excluding hydrogens is 422 g/mol. The summed E-state index contributed by atoms with van der Waals surface area (Å²) in [6.07, 6.45) is 1.60. The van der Waals surface area contributed by atoms with E-state index < -0.39 is 41.4 Å². The Balaban J connectivity index is 2.42. The van der Waals surface area contributed by atoms with Crippen molar-refractivity contribution in [2.45, 2.75) is 37.8 Å². The average molecular weight is 452 g/mol. The van der Waals surface area contributed by atoms with Crippen LogP contribution in [0.25, 0.3) is 10.9 Å². The molecule has 0 saturated carbocycles. The van der Waals surface area contributed by atoms with Gasteiger partial charge in [-0.25, -0.2) is 4.79 Å². The lowest BCUT2D eigenvalue weighted by atomic mass is 9.72. The summed E-state index contributed by atoms with van der Waals surface area (Å²) in [6.45, 7) is 4.69. The summed E-state index contributed by atoms with van der Waals surface area (Å²) in [5.41, 5.74) is 4.00. The van der Waals surface area contributed by atoms with Crippen molar-refractivity contribution in [1.29, 1.82) is 0 Å². The third-order valence-electron chi connectivity index (χ3n) is 5.61. The zero-order chi connectivity index (χ0) is 24.4. The molecule has 0 fully saturated rings. The van der Waals surface area contributed by atoms with Crippen molar-refractivity contribution in [2.75, 3.05) is 13.6 Å². The van der Waals surface area contributed by atoms with Gasteiger partial charge >= 0.3 is 11.9 Å². The highest BCUT2D eigenvalue weighted by Gasteiger charge is 2.57. The van der Waals surface area contributed by atoms with E-state index in [9.17, 15) is 19.5 Å². The Bertz CT molecular complexity index is 1170. The number of rotatable bonds is 7. The standard InChI is InChI=1S/C25H29N3O5/c1-24(2,3)33-22(30)21(18-15-27-19-13-9-8-12-17(18)19)25(23(31)32,28(4)20(29)14-26)16-10-6-5-7-11-16/h5-13,15,21,27H,14,26H2,1-4H3,(H,31,32)/t21?,25-/m0/s1. The number of likely N-dealkylation sites (N-methyl/N-ethyl adjacent to an activating group) is 1. The van der Waals surface area contributed by atoms with Crippen LogP contribution in [0.4, 0.5) is 0 Å². The van der Waals surface area contributed by atoms with Crippen molar-refractivity contribution in [3.05, 3.63) is 71.9 Å². The number of aliphatic carboxylic acids is 1. The van der Waals surface area contributed by atoms with Crippen molar-refractivity contribution >= 4 is 28.7 Å². The number of benzene rings is 2. The van der Waals surface area contributed by atoms with Crippen molar-refractivity contribution < 1.29 is 24.2 Å². The smallest absolute Gasteiger partial charge is 0.335 e. The second kappa shape index (κ2) is 9.07. The molecule has 1 amide bonds. The summed E-state index contributed by atoms with van der Waals surface area (Å²) in [5.74, 6) is -4.17. The number of aromatic amines is 1. The fourth-order valence-electron chi connectivity index (χ4n) is 4.19. The number of hydrogen-bond acceptors (Lipinski definition) is 5. The van der Waals surface area contributed by atoms with Crippen LogP contribution >= 0.6 is 0 Å². The zero-order valence-electron chi connectivity index (χ0n) is 19.2. The molecule has 2 atom stereocenters. The van der Waals surface area contributed by atoms with E-state index in [2.05, 4.69) is 4.98 Å². The maximum atomic E-state index is 13.8. The van der Waals surface area contributed by atoms with E-state index in [0.29, 0.717) is 10.9 Å². The number of nitrogens with zero attached hydrogens (tertiary/aromatic N) is 1. The number of nitrogens with two attached hydrogens (primary N) is 1. The van der Waals surface area contributed by atoms with Gasteiger partial charge in [-0.1, -0.05) is 48.5 Å². The Morgan fingerprint density at radius 2 is 1.67 bits per heavy atom. The van der Waals surface area contributed by atoms with E-state index in [1.54, 1.807) is 69.4 Å². The Morgan fingerprint density at radius 3 is 2.24 bits per heavy atom. The van der Waals surface area contributed by atoms with E-state index in [-0.39, 0.29) is 5.56 Å². The highest BCUT2D eigenvalue weighted by atomic mass is 16.6. The highest BCUT2D eigenvalue weighted by molar-refractivity contribution is 5.99. The number of ether oxygens (including phenoxy) is 1. The molecule has 3 aromatic rings. The molecule has 1 aromatic heterocycles. The molecule has 0 aliphatic carbocycles. The summed E-state index contributed by atoms with van der Waals surface area (Å²) in [6, 6.07) is 15.5. The number of fused-ring (bicyclic) bond motifs is 1. The van der Waals surface area contributed by atoms with Crippen molar-refractivity contribution in [1.82, 2.24) is 9.88 Å². The Morgan fingerprint density at radius 1 is 1.06 bits per heavy atom. The van der Waals surface area contributed by atoms with E-state index in [1.165, 1.54) is 7.05 Å². The van der Waals surface area contributed by atoms with Crippen LogP contribution in [0.5, 0.6) is 0 Å². The minimum atomic E-state index is -2.12. The first-order valence-corrected chi connectivity index (χ1v) is 10.6. The lowest BCUT2D eigenvalue weighted by Crippen LogP contribution is -2.59. The van der Waals surface area contributed by atoms with Crippen LogP contribution in [0, 0.1) is 0 Å². The van der Waals surface area contributed by atoms with Gasteiger partial charge in [-0.3, -0.25) is 9.59 Å². The van der Waals surface area contributed by atoms with Crippen LogP contribution in [0.1, 0.15) is 37.8 Å². The molecule has 8 nitrogen and oxygen atoms in total. The maximum Gasteiger partial charge on any atom is 0.335 e. The number of carboxylic acids is 1. The van der Waals surface area contributed by atoms with Crippen molar-refractivity contribution in [2.24, 2.45) is 5.73 Å². The van der Waals surface area contributed by atoms with E-state index in [1.807, 2.05) is 12.1 Å². The van der Waals surface area contributed by atoms with E-state index in [4.69, 9.17) is 10.5 Å². The molecule has 0 aliphatic heterocycles. The molecule has 4 N–H and O–H groups in total. The molecule has 1 unspecified atom stereocenters. The predicted molar refractivity (Wildman–Crippen MR) is 124 cm³/mol. The third-order valence-corrected chi connectivity index (χ3v) is 5.61. The number of carboxylic acid groups (broad SMARTS) is 1. The van der Waals surface area contributed by atoms with Crippen LogP contribution in [0.2, 0.25) is 0 Å². The van der Waals surface area contributed by atoms with Gasteiger partial charge in [0.15, 0.2) is 5.54 Å². The first-order valence-electron chi connectivity index (χ1n) is 10.6. The fraction of sp³-hybridized carbons (Fsp3) is 0.320. The van der Waals surface area contributed by atoms with E-state index >= 15 is 0 Å². The lowest BCUT2D eigenvalue weighted by Gasteiger charge is -2.43. The second-order valence-corrected chi connectivity index (χ2v) is 8.85. The van der Waals surface area contributed by atoms with Gasteiger partial charge in [0.05, 0.1) is 6.54 Å². The quantitative estimate of drug-likeness (QED) is 0.474. The van der Waals surface area contributed by atoms with Crippen LogP contribution < -0.4 is 5.73 Å². The number of amides is 1. The largest absolute Gasteiger partial charge is 0.479 e. The van der Waals surface area contributed by atoms with E-state index in [0.717, 1.165) is 10.4 Å². The molecule has 3 rings (SSSR count). The summed E-state index contributed by atoms with van der Waals surface area (Å²) in [4.78, 5) is 44.0. The molecule has 0 saturated heterocycles. The summed E-state index contributed by atoms with van der Waals surface area (Å²) in [5, 5.41) is 11.4. The maximum absolute atomic E-state index is 13.8. The Kier molecular flexibility index (Phi) is 6.60. The molecule has 2 aromatic carbocycles. The van der Waals surface area contributed by atoms with Gasteiger partial charge in [-0.2, -0.15) is 0 Å². The van der Waals surface area contributed by atoms with Gasteiger partial charge in [-0.05, 0) is 38.0 Å². The molecule has 0 aliphatic rings. The summed E-state index contributed by atoms with van der Waals surface area (Å²) >= 11 is 0. The first-order chi connectivity index (χ1) is 15.5. The second-order valence-electron chi connectivity index (χ2n) is 8.85. The Labute approximate surface area is 192 Å². The summed E-state index contributed by atoms with van der Waals surface area (Å²) < 4.78 is 5.73. The minimum Gasteiger partial charge on any atom is -0.479 e. The number of hydrogen-bond donors (Lipinski definition) is 3. The molecule has 1 heterocycles. The number of nitrogens with one attached hydrogen (secondary N) is 1. The monoisotopic (exact) mass is 451 g/mol. The van der Waals surface area contributed by atoms with Gasteiger partial charge in [0.2, 0.25) is 5.91 Å². The number of H-pyrrole nitrogens is 1. The van der Waals surface area contributed by atoms with Gasteiger partial charge in [0, 0.05) is 24.1 Å². The van der Waals surface area contributed by atoms with Crippen LogP contribution in [0.15, 0.2) is 60.8 Å². The van der Waals surface area contributed by atoms with Crippen molar-refractivity contribution in [3.8, 4) is 0 Å². The number of para-hydroxylation sites is 1. The van der Waals surface area contributed by atoms with Crippen LogP contribution in [-0.4, -0.2) is 52.0 Å². The molecular formula is C25H29N3O5. The fourth-order valence-corrected chi connectivity index (χ4v) is 4.19. The van der Waals surface area contributed by atoms with Gasteiger partial charge in [0.25, 0.3) is 0 Å². The lowest BCUT2D eigenvalue weighted by molar-refractivity contribution is -0.173. The van der Waals surface area contributed by atoms with Gasteiger partial charge < -0.3 is 25.5 Å². The minimum absolute atomic E-state index is 0.253. The molecule has 8 heteroatoms. The third kappa shape index (κ3) is 4.34. The van der Waals surface area contributed by atoms with Crippen LogP contribution in [-0.2, 0) is 24.7 Å². The molecule has 0 radical (unpaired) electrons. The molecule has 0 spiro atoms. The van der Waals surface area contributed by atoms with Crippen LogP contribution in [0.3, 0.4) is 0 Å². The average Bonchev–Trinajstić information content (AvgIpc) is 3.19. The molecule has 174 valence electrons. The van der Waals surface area contributed by atoms with Crippen molar-refractivity contribution in [3.63, 3.8) is 0 Å². The number of carbonyl (C=O) groups excluding carboxylic acids is 2. The normalized spacial score (nSPS) is 14.3. The molecule has 33 heavy (non-hydrogen) atoms. The predicted octanol–water partition coefficient (Wildman–Crippen LogP) is 2.99. The number of aromatic nitrogens is 1. The number of carbonyl (C=O) groups is 3. The topological polar surface area (TPSA) is 126 Å². The first kappa shape index (κ1) is 24.0. The van der Waals surface area contributed by atoms with Gasteiger partial charge in [0.1, 0.15) is 11.5 Å². The zero-order valence-corrected chi connectivity index (χ0v) is 19.2.